The number of nitrogens with two attached hydrogens (primary N) is 1. The molecule has 4 rings (SSSR count). The standard InChI is InChI=1S/C16H23N7O/c1-22-7-4-11(5-8-22)23-6-2-3-13(23)16-20-15(21-24-16)12-9-18-10-19-14(12)17/h9-11,13H,2-8H2,1H3,(H2,17,18,19)/t13-/m0/s1. The number of nitrogens with zero attached hydrogens (tertiary/aromatic N) is 6. The van der Waals surface area contributed by atoms with Crippen LogP contribution in [0.15, 0.2) is 17.0 Å². The number of anilines is 1. The third kappa shape index (κ3) is 2.87. The van der Waals surface area contributed by atoms with E-state index in [9.17, 15) is 0 Å². The Labute approximate surface area is 141 Å². The van der Waals surface area contributed by atoms with Gasteiger partial charge in [-0.3, -0.25) is 4.90 Å². The molecule has 0 unspecified atom stereocenters. The van der Waals surface area contributed by atoms with Gasteiger partial charge in [-0.25, -0.2) is 9.97 Å². The molecule has 4 heterocycles. The van der Waals surface area contributed by atoms with Crippen LogP contribution in [0, 0.1) is 0 Å². The molecular formula is C16H23N7O. The molecule has 2 N–H and O–H groups in total. The van der Waals surface area contributed by atoms with Crippen molar-refractivity contribution in [3.8, 4) is 11.4 Å². The van der Waals surface area contributed by atoms with Gasteiger partial charge in [0.1, 0.15) is 12.1 Å². The van der Waals surface area contributed by atoms with Gasteiger partial charge >= 0.3 is 0 Å². The molecule has 0 bridgehead atoms. The molecule has 0 aliphatic carbocycles. The second kappa shape index (κ2) is 6.45. The van der Waals surface area contributed by atoms with E-state index >= 15 is 0 Å². The zero-order valence-electron chi connectivity index (χ0n) is 13.9. The summed E-state index contributed by atoms with van der Waals surface area (Å²) in [6, 6.07) is 0.819. The average Bonchev–Trinajstić information content (AvgIpc) is 3.25. The molecule has 1 atom stereocenters. The summed E-state index contributed by atoms with van der Waals surface area (Å²) >= 11 is 0. The number of hydrogen-bond donors (Lipinski definition) is 1. The summed E-state index contributed by atoms with van der Waals surface area (Å²) in [7, 11) is 2.19. The smallest absolute Gasteiger partial charge is 0.244 e. The van der Waals surface area contributed by atoms with E-state index < -0.39 is 0 Å². The molecule has 128 valence electrons. The van der Waals surface area contributed by atoms with Gasteiger partial charge in [0, 0.05) is 12.2 Å². The van der Waals surface area contributed by atoms with Crippen molar-refractivity contribution in [3.05, 3.63) is 18.4 Å². The van der Waals surface area contributed by atoms with Crippen LogP contribution >= 0.6 is 0 Å². The highest BCUT2D eigenvalue weighted by molar-refractivity contribution is 5.66. The summed E-state index contributed by atoms with van der Waals surface area (Å²) in [5.74, 6) is 1.53. The van der Waals surface area contributed by atoms with Gasteiger partial charge in [-0.15, -0.1) is 0 Å². The molecule has 2 saturated heterocycles. The molecule has 0 aromatic carbocycles. The molecule has 0 spiro atoms. The predicted molar refractivity (Wildman–Crippen MR) is 88.9 cm³/mol. The molecule has 2 fully saturated rings. The Morgan fingerprint density at radius 2 is 2.04 bits per heavy atom. The highest BCUT2D eigenvalue weighted by Crippen LogP contribution is 2.36. The number of nitrogen functional groups attached to an aromatic ring is 1. The molecule has 2 aliphatic rings. The van der Waals surface area contributed by atoms with Crippen LogP contribution in [-0.2, 0) is 0 Å². The van der Waals surface area contributed by atoms with E-state index in [-0.39, 0.29) is 6.04 Å². The molecule has 2 aromatic heterocycles. The van der Waals surface area contributed by atoms with E-state index in [0.29, 0.717) is 29.1 Å². The maximum absolute atomic E-state index is 5.88. The van der Waals surface area contributed by atoms with E-state index in [0.717, 1.165) is 26.1 Å². The Balaban J connectivity index is 1.54. The van der Waals surface area contributed by atoms with Crippen molar-refractivity contribution >= 4 is 5.82 Å². The first-order chi connectivity index (χ1) is 11.7. The van der Waals surface area contributed by atoms with Crippen molar-refractivity contribution in [3.63, 3.8) is 0 Å². The molecule has 2 aromatic rings. The van der Waals surface area contributed by atoms with E-state index in [1.165, 1.54) is 25.6 Å². The maximum Gasteiger partial charge on any atom is 0.244 e. The zero-order chi connectivity index (χ0) is 16.5. The Hall–Kier alpha value is -2.06. The summed E-state index contributed by atoms with van der Waals surface area (Å²) in [6.45, 7) is 3.41. The molecule has 8 nitrogen and oxygen atoms in total. The Morgan fingerprint density at radius 1 is 1.21 bits per heavy atom. The van der Waals surface area contributed by atoms with Gasteiger partial charge in [-0.2, -0.15) is 4.98 Å². The summed E-state index contributed by atoms with van der Waals surface area (Å²) < 4.78 is 5.58. The van der Waals surface area contributed by atoms with Crippen LogP contribution in [0.2, 0.25) is 0 Å². The number of hydrogen-bond acceptors (Lipinski definition) is 8. The second-order valence-corrected chi connectivity index (χ2v) is 6.71. The molecule has 24 heavy (non-hydrogen) atoms. The fourth-order valence-electron chi connectivity index (χ4n) is 3.81. The van der Waals surface area contributed by atoms with Gasteiger partial charge < -0.3 is 15.2 Å². The Kier molecular flexibility index (Phi) is 4.15. The van der Waals surface area contributed by atoms with Gasteiger partial charge in [0.15, 0.2) is 0 Å². The van der Waals surface area contributed by atoms with Crippen molar-refractivity contribution in [2.75, 3.05) is 32.4 Å². The van der Waals surface area contributed by atoms with Crippen LogP contribution in [-0.4, -0.2) is 62.6 Å². The Morgan fingerprint density at radius 3 is 2.83 bits per heavy atom. The number of likely N-dealkylation sites (tertiary alicyclic amines) is 2. The monoisotopic (exact) mass is 329 g/mol. The number of rotatable bonds is 3. The molecule has 0 radical (unpaired) electrons. The lowest BCUT2D eigenvalue weighted by Crippen LogP contribution is -2.43. The van der Waals surface area contributed by atoms with E-state index in [1.807, 2.05) is 0 Å². The highest BCUT2D eigenvalue weighted by Gasteiger charge is 2.36. The van der Waals surface area contributed by atoms with Crippen LogP contribution in [0.1, 0.15) is 37.6 Å². The van der Waals surface area contributed by atoms with Gasteiger partial charge in [0.25, 0.3) is 0 Å². The molecular weight excluding hydrogens is 306 g/mol. The Bertz CT molecular complexity index is 695. The summed E-state index contributed by atoms with van der Waals surface area (Å²) in [6.07, 6.45) is 7.68. The van der Waals surface area contributed by atoms with Crippen molar-refractivity contribution < 1.29 is 4.52 Å². The fourth-order valence-corrected chi connectivity index (χ4v) is 3.81. The van der Waals surface area contributed by atoms with Gasteiger partial charge in [-0.05, 0) is 52.4 Å². The highest BCUT2D eigenvalue weighted by atomic mass is 16.5. The summed E-state index contributed by atoms with van der Waals surface area (Å²) in [5.41, 5.74) is 6.51. The zero-order valence-corrected chi connectivity index (χ0v) is 13.9. The van der Waals surface area contributed by atoms with Crippen molar-refractivity contribution in [1.29, 1.82) is 0 Å². The first kappa shape index (κ1) is 15.5. The van der Waals surface area contributed by atoms with Crippen LogP contribution in [0.5, 0.6) is 0 Å². The van der Waals surface area contributed by atoms with Crippen molar-refractivity contribution in [2.45, 2.75) is 37.8 Å². The third-order valence-corrected chi connectivity index (χ3v) is 5.16. The normalized spacial score (nSPS) is 23.8. The molecule has 8 heteroatoms. The van der Waals surface area contributed by atoms with Crippen LogP contribution in [0.4, 0.5) is 5.82 Å². The summed E-state index contributed by atoms with van der Waals surface area (Å²) in [5, 5.41) is 4.10. The molecule has 0 saturated carbocycles. The number of piperidine rings is 1. The quantitative estimate of drug-likeness (QED) is 0.901. The fraction of sp³-hybridized carbons (Fsp3) is 0.625. The molecule has 2 aliphatic heterocycles. The lowest BCUT2D eigenvalue weighted by molar-refractivity contribution is 0.0958. The second-order valence-electron chi connectivity index (χ2n) is 6.71. The van der Waals surface area contributed by atoms with Gasteiger partial charge in [0.2, 0.25) is 11.7 Å². The molecule has 0 amide bonds. The van der Waals surface area contributed by atoms with Gasteiger partial charge in [-0.1, -0.05) is 5.16 Å². The minimum Gasteiger partial charge on any atom is -0.383 e. The van der Waals surface area contributed by atoms with Crippen LogP contribution in [0.3, 0.4) is 0 Å². The first-order valence-corrected chi connectivity index (χ1v) is 8.56. The van der Waals surface area contributed by atoms with Crippen molar-refractivity contribution in [2.24, 2.45) is 0 Å². The summed E-state index contributed by atoms with van der Waals surface area (Å²) in [4.78, 5) is 17.5. The minimum atomic E-state index is 0.213. The number of aromatic nitrogens is 4. The SMILES string of the molecule is CN1CCC(N2CCC[C@H]2c2nc(-c3cncnc3N)no2)CC1. The average molecular weight is 329 g/mol. The van der Waals surface area contributed by atoms with E-state index in [2.05, 4.69) is 37.0 Å². The lowest BCUT2D eigenvalue weighted by Gasteiger charge is -2.37. The largest absolute Gasteiger partial charge is 0.383 e. The topological polar surface area (TPSA) is 97.2 Å². The minimum absolute atomic E-state index is 0.213. The maximum atomic E-state index is 5.88. The first-order valence-electron chi connectivity index (χ1n) is 8.56. The van der Waals surface area contributed by atoms with Gasteiger partial charge in [0.05, 0.1) is 11.6 Å². The predicted octanol–water partition coefficient (Wildman–Crippen LogP) is 1.34. The van der Waals surface area contributed by atoms with Crippen LogP contribution < -0.4 is 5.73 Å². The van der Waals surface area contributed by atoms with E-state index in [4.69, 9.17) is 10.3 Å². The van der Waals surface area contributed by atoms with E-state index in [1.54, 1.807) is 6.20 Å². The van der Waals surface area contributed by atoms with Crippen molar-refractivity contribution in [1.82, 2.24) is 29.9 Å². The third-order valence-electron chi connectivity index (χ3n) is 5.16. The van der Waals surface area contributed by atoms with Crippen LogP contribution in [0.25, 0.3) is 11.4 Å². The lowest BCUT2D eigenvalue weighted by atomic mass is 10.0.